The highest BCUT2D eigenvalue weighted by Crippen LogP contribution is 2.16. The Bertz CT molecular complexity index is 660. The molecule has 2 heterocycles. The van der Waals surface area contributed by atoms with Crippen LogP contribution in [0.2, 0.25) is 5.15 Å². The second kappa shape index (κ2) is 6.54. The largest absolute Gasteiger partial charge is 0.373 e. The first kappa shape index (κ1) is 15.3. The third kappa shape index (κ3) is 3.92. The van der Waals surface area contributed by atoms with Gasteiger partial charge in [-0.1, -0.05) is 17.7 Å². The molecule has 2 aromatic heterocycles. The third-order valence-electron chi connectivity index (χ3n) is 2.99. The fraction of sp³-hybridized carbons (Fsp3) is 0.267. The van der Waals surface area contributed by atoms with Crippen LogP contribution in [0.5, 0.6) is 0 Å². The van der Waals surface area contributed by atoms with E-state index >= 15 is 0 Å². The van der Waals surface area contributed by atoms with Gasteiger partial charge in [0, 0.05) is 25.4 Å². The summed E-state index contributed by atoms with van der Waals surface area (Å²) in [7, 11) is 3.47. The molecule has 1 N–H and O–H groups in total. The number of carbonyl (C=O) groups is 1. The number of anilines is 1. The van der Waals surface area contributed by atoms with Crippen LogP contribution in [0.1, 0.15) is 21.7 Å². The van der Waals surface area contributed by atoms with Gasteiger partial charge in [0.25, 0.3) is 5.91 Å². The average Bonchev–Trinajstić information content (AvgIpc) is 2.45. The van der Waals surface area contributed by atoms with Crippen molar-refractivity contribution in [3.63, 3.8) is 0 Å². The molecule has 0 aromatic carbocycles. The van der Waals surface area contributed by atoms with Crippen molar-refractivity contribution in [2.24, 2.45) is 0 Å². The van der Waals surface area contributed by atoms with E-state index < -0.39 is 0 Å². The van der Waals surface area contributed by atoms with Gasteiger partial charge in [-0.3, -0.25) is 9.78 Å². The molecule has 110 valence electrons. The number of carbonyl (C=O) groups excluding carboxylic acids is 1. The van der Waals surface area contributed by atoms with Gasteiger partial charge in [0.05, 0.1) is 12.2 Å². The summed E-state index contributed by atoms with van der Waals surface area (Å²) >= 11 is 5.92. The van der Waals surface area contributed by atoms with Crippen LogP contribution in [-0.4, -0.2) is 34.9 Å². The van der Waals surface area contributed by atoms with E-state index in [9.17, 15) is 4.79 Å². The van der Waals surface area contributed by atoms with Crippen molar-refractivity contribution in [2.75, 3.05) is 19.4 Å². The fourth-order valence-corrected chi connectivity index (χ4v) is 2.18. The summed E-state index contributed by atoms with van der Waals surface area (Å²) in [6.07, 6.45) is 0. The van der Waals surface area contributed by atoms with Gasteiger partial charge in [0.1, 0.15) is 11.0 Å². The summed E-state index contributed by atoms with van der Waals surface area (Å²) in [6, 6.07) is 8.99. The molecule has 0 aliphatic rings. The van der Waals surface area contributed by atoms with E-state index in [1.807, 2.05) is 25.1 Å². The fourth-order valence-electron chi connectivity index (χ4n) is 1.97. The second-order valence-electron chi connectivity index (χ2n) is 4.75. The average molecular weight is 305 g/mol. The van der Waals surface area contributed by atoms with Crippen molar-refractivity contribution in [1.29, 1.82) is 0 Å². The first-order valence-corrected chi connectivity index (χ1v) is 6.90. The Kier molecular flexibility index (Phi) is 4.75. The maximum absolute atomic E-state index is 12.4. The summed E-state index contributed by atoms with van der Waals surface area (Å²) in [5.41, 5.74) is 2.27. The highest BCUT2D eigenvalue weighted by molar-refractivity contribution is 6.29. The van der Waals surface area contributed by atoms with Crippen LogP contribution in [0, 0.1) is 6.92 Å². The van der Waals surface area contributed by atoms with Crippen molar-refractivity contribution in [2.45, 2.75) is 13.5 Å². The number of nitrogens with one attached hydrogen (secondary N) is 1. The Morgan fingerprint density at radius 1 is 1.33 bits per heavy atom. The zero-order valence-corrected chi connectivity index (χ0v) is 13.0. The molecule has 0 bridgehead atoms. The Morgan fingerprint density at radius 3 is 2.76 bits per heavy atom. The third-order valence-corrected chi connectivity index (χ3v) is 3.18. The smallest absolute Gasteiger partial charge is 0.254 e. The van der Waals surface area contributed by atoms with Crippen molar-refractivity contribution in [3.05, 3.63) is 52.4 Å². The van der Waals surface area contributed by atoms with Crippen LogP contribution in [0.15, 0.2) is 30.3 Å². The van der Waals surface area contributed by atoms with Crippen LogP contribution in [-0.2, 0) is 6.54 Å². The summed E-state index contributed by atoms with van der Waals surface area (Å²) < 4.78 is 0. The summed E-state index contributed by atoms with van der Waals surface area (Å²) in [5.74, 6) is 0.437. The van der Waals surface area contributed by atoms with E-state index in [0.717, 1.165) is 11.4 Å². The maximum Gasteiger partial charge on any atom is 0.254 e. The molecule has 21 heavy (non-hydrogen) atoms. The van der Waals surface area contributed by atoms with E-state index in [4.69, 9.17) is 11.6 Å². The highest BCUT2D eigenvalue weighted by atomic mass is 35.5. The monoisotopic (exact) mass is 304 g/mol. The molecule has 0 atom stereocenters. The molecule has 0 aliphatic heterocycles. The van der Waals surface area contributed by atoms with E-state index in [-0.39, 0.29) is 11.1 Å². The van der Waals surface area contributed by atoms with E-state index in [2.05, 4.69) is 15.3 Å². The normalized spacial score (nSPS) is 10.3. The minimum Gasteiger partial charge on any atom is -0.373 e. The Morgan fingerprint density at radius 2 is 2.10 bits per heavy atom. The van der Waals surface area contributed by atoms with Crippen LogP contribution in [0.3, 0.4) is 0 Å². The molecule has 2 aromatic rings. The van der Waals surface area contributed by atoms with Gasteiger partial charge >= 0.3 is 0 Å². The molecule has 0 aliphatic carbocycles. The summed E-state index contributed by atoms with van der Waals surface area (Å²) in [4.78, 5) is 22.5. The van der Waals surface area contributed by atoms with Crippen molar-refractivity contribution < 1.29 is 4.79 Å². The van der Waals surface area contributed by atoms with E-state index in [1.165, 1.54) is 0 Å². The van der Waals surface area contributed by atoms with Crippen LogP contribution < -0.4 is 5.32 Å². The van der Waals surface area contributed by atoms with E-state index in [0.29, 0.717) is 17.9 Å². The van der Waals surface area contributed by atoms with Gasteiger partial charge in [0.15, 0.2) is 0 Å². The zero-order chi connectivity index (χ0) is 15.4. The lowest BCUT2D eigenvalue weighted by molar-refractivity contribution is 0.0783. The lowest BCUT2D eigenvalue weighted by Crippen LogP contribution is -2.26. The molecular formula is C15H17ClN4O. The quantitative estimate of drug-likeness (QED) is 0.882. The van der Waals surface area contributed by atoms with Crippen molar-refractivity contribution in [3.8, 4) is 0 Å². The number of nitrogens with zero attached hydrogens (tertiary/aromatic N) is 3. The second-order valence-corrected chi connectivity index (χ2v) is 5.13. The number of rotatable bonds is 4. The number of aromatic nitrogens is 2. The molecule has 0 radical (unpaired) electrons. The first-order chi connectivity index (χ1) is 9.99. The molecule has 0 saturated heterocycles. The predicted molar refractivity (Wildman–Crippen MR) is 83.6 cm³/mol. The van der Waals surface area contributed by atoms with Crippen LogP contribution >= 0.6 is 11.6 Å². The van der Waals surface area contributed by atoms with Crippen LogP contribution in [0.25, 0.3) is 0 Å². The number of halogens is 1. The topological polar surface area (TPSA) is 58.1 Å². The van der Waals surface area contributed by atoms with Crippen LogP contribution in [0.4, 0.5) is 5.82 Å². The number of hydrogen-bond donors (Lipinski definition) is 1. The molecule has 0 saturated carbocycles. The highest BCUT2D eigenvalue weighted by Gasteiger charge is 2.14. The SMILES string of the molecule is CNc1cc(C(=O)N(C)Cc2cccc(C)n2)cc(Cl)n1. The van der Waals surface area contributed by atoms with Gasteiger partial charge in [-0.05, 0) is 31.2 Å². The van der Waals surface area contributed by atoms with E-state index in [1.54, 1.807) is 31.1 Å². The lowest BCUT2D eigenvalue weighted by Gasteiger charge is -2.17. The predicted octanol–water partition coefficient (Wildman–Crippen LogP) is 2.75. The Hall–Kier alpha value is -2.14. The molecule has 2 rings (SSSR count). The molecule has 0 fully saturated rings. The van der Waals surface area contributed by atoms with Gasteiger partial charge in [0.2, 0.25) is 0 Å². The molecule has 5 nitrogen and oxygen atoms in total. The number of pyridine rings is 2. The zero-order valence-electron chi connectivity index (χ0n) is 12.2. The summed E-state index contributed by atoms with van der Waals surface area (Å²) in [5, 5.41) is 3.17. The van der Waals surface area contributed by atoms with Gasteiger partial charge in [-0.2, -0.15) is 0 Å². The summed E-state index contributed by atoms with van der Waals surface area (Å²) in [6.45, 7) is 2.36. The molecular weight excluding hydrogens is 288 g/mol. The molecule has 6 heteroatoms. The number of aryl methyl sites for hydroxylation is 1. The number of hydrogen-bond acceptors (Lipinski definition) is 4. The minimum atomic E-state index is -0.126. The molecule has 1 amide bonds. The minimum absolute atomic E-state index is 0.126. The van der Waals surface area contributed by atoms with Crippen molar-refractivity contribution >= 4 is 23.3 Å². The molecule has 0 unspecified atom stereocenters. The Labute approximate surface area is 129 Å². The molecule has 0 spiro atoms. The Balaban J connectivity index is 2.17. The first-order valence-electron chi connectivity index (χ1n) is 6.53. The lowest BCUT2D eigenvalue weighted by atomic mass is 10.2. The van der Waals surface area contributed by atoms with Gasteiger partial charge in [-0.25, -0.2) is 4.98 Å². The van der Waals surface area contributed by atoms with Crippen molar-refractivity contribution in [1.82, 2.24) is 14.9 Å². The number of amides is 1. The standard InChI is InChI=1S/C15H17ClN4O/c1-10-5-4-6-12(18-10)9-20(3)15(21)11-7-13(16)19-14(8-11)17-2/h4-8H,9H2,1-3H3,(H,17,19). The maximum atomic E-state index is 12.4. The van der Waals surface area contributed by atoms with Gasteiger partial charge < -0.3 is 10.2 Å². The van der Waals surface area contributed by atoms with Gasteiger partial charge in [-0.15, -0.1) is 0 Å².